The lowest BCUT2D eigenvalue weighted by Crippen LogP contribution is -2.66. The summed E-state index contributed by atoms with van der Waals surface area (Å²) in [6.45, 7) is 16.6. The van der Waals surface area contributed by atoms with E-state index in [4.69, 9.17) is 0 Å². The van der Waals surface area contributed by atoms with Crippen LogP contribution in [0.2, 0.25) is 0 Å². The molecular formula is C30H48O3. The van der Waals surface area contributed by atoms with Crippen LogP contribution >= 0.6 is 0 Å². The molecule has 0 heterocycles. The highest BCUT2D eigenvalue weighted by molar-refractivity contribution is 5.81. The van der Waals surface area contributed by atoms with E-state index in [0.717, 1.165) is 51.4 Å². The normalized spacial score (nSPS) is 52.4. The van der Waals surface area contributed by atoms with Crippen LogP contribution in [0.5, 0.6) is 0 Å². The quantitative estimate of drug-likeness (QED) is 0.409. The lowest BCUT2D eigenvalue weighted by Gasteiger charge is -2.70. The third-order valence-corrected chi connectivity index (χ3v) is 12.9. The van der Waals surface area contributed by atoms with E-state index < -0.39 is 11.4 Å². The van der Waals surface area contributed by atoms with Crippen LogP contribution in [0.1, 0.15) is 113 Å². The van der Waals surface area contributed by atoms with Gasteiger partial charge in [-0.3, -0.25) is 4.79 Å². The largest absolute Gasteiger partial charge is 0.481 e. The number of hydrogen-bond acceptors (Lipinski definition) is 2. The number of carboxylic acids is 1. The summed E-state index contributed by atoms with van der Waals surface area (Å²) < 4.78 is 0. The van der Waals surface area contributed by atoms with Gasteiger partial charge in [0, 0.05) is 0 Å². The highest BCUT2D eigenvalue weighted by Crippen LogP contribution is 2.75. The molecule has 0 amide bonds. The van der Waals surface area contributed by atoms with Crippen molar-refractivity contribution in [1.82, 2.24) is 0 Å². The molecule has 3 nitrogen and oxygen atoms in total. The fraction of sp³-hybridized carbons (Fsp3) is 0.900. The molecule has 33 heavy (non-hydrogen) atoms. The van der Waals surface area contributed by atoms with Crippen molar-refractivity contribution < 1.29 is 15.0 Å². The standard InChI is InChI=1S/C30H48O3/c1-25(2)14-15-27(5)16-17-30(24(32)33)19(20(27)18-25)8-9-22-28(6)12-11-23(31)26(3,4)21(28)10-13-29(22,30)7/h8,20-23,31H,9-18H2,1-7H3,(H,32,33)/t20?,21-,22?,23-,27?,28-,29+,30+/m0/s1. The Morgan fingerprint density at radius 3 is 2.21 bits per heavy atom. The molecule has 0 bridgehead atoms. The summed E-state index contributed by atoms with van der Waals surface area (Å²) in [6.07, 6.45) is 12.6. The Kier molecular flexibility index (Phi) is 4.99. The van der Waals surface area contributed by atoms with Gasteiger partial charge in [-0.15, -0.1) is 0 Å². The van der Waals surface area contributed by atoms with Crippen molar-refractivity contribution in [2.24, 2.45) is 50.2 Å². The molecule has 0 radical (unpaired) electrons. The number of rotatable bonds is 1. The zero-order valence-corrected chi connectivity index (χ0v) is 22.3. The summed E-state index contributed by atoms with van der Waals surface area (Å²) in [7, 11) is 0. The Morgan fingerprint density at radius 1 is 0.879 bits per heavy atom. The van der Waals surface area contributed by atoms with Gasteiger partial charge in [-0.2, -0.15) is 0 Å². The van der Waals surface area contributed by atoms with Gasteiger partial charge in [0.25, 0.3) is 0 Å². The molecular weight excluding hydrogens is 408 g/mol. The predicted octanol–water partition coefficient (Wildman–Crippen LogP) is 7.23. The summed E-state index contributed by atoms with van der Waals surface area (Å²) in [5.41, 5.74) is 0.906. The maximum absolute atomic E-state index is 13.5. The third kappa shape index (κ3) is 2.87. The van der Waals surface area contributed by atoms with Crippen LogP contribution in [0.4, 0.5) is 0 Å². The van der Waals surface area contributed by atoms with Crippen LogP contribution < -0.4 is 0 Å². The van der Waals surface area contributed by atoms with Gasteiger partial charge in [0.05, 0.1) is 11.5 Å². The average Bonchev–Trinajstić information content (AvgIpc) is 2.71. The first-order chi connectivity index (χ1) is 15.1. The molecule has 0 aromatic heterocycles. The van der Waals surface area contributed by atoms with Gasteiger partial charge in [-0.1, -0.05) is 60.1 Å². The van der Waals surface area contributed by atoms with Crippen molar-refractivity contribution >= 4 is 5.97 Å². The van der Waals surface area contributed by atoms with E-state index >= 15 is 0 Å². The van der Waals surface area contributed by atoms with Crippen LogP contribution in [0.3, 0.4) is 0 Å². The smallest absolute Gasteiger partial charge is 0.314 e. The first-order valence-corrected chi connectivity index (χ1v) is 13.8. The number of allylic oxidation sites excluding steroid dienone is 1. The zero-order valence-electron chi connectivity index (χ0n) is 22.3. The molecule has 8 atom stereocenters. The second-order valence-corrected chi connectivity index (χ2v) is 15.1. The van der Waals surface area contributed by atoms with E-state index in [0.29, 0.717) is 17.8 Å². The number of aliphatic hydroxyl groups excluding tert-OH is 1. The molecule has 0 aliphatic heterocycles. The van der Waals surface area contributed by atoms with Crippen LogP contribution in [0.15, 0.2) is 11.6 Å². The van der Waals surface area contributed by atoms with Crippen LogP contribution in [0, 0.1) is 50.2 Å². The summed E-state index contributed by atoms with van der Waals surface area (Å²) in [5.74, 6) is 0.675. The number of hydrogen-bond donors (Lipinski definition) is 2. The molecule has 0 aromatic carbocycles. The minimum absolute atomic E-state index is 0.0901. The van der Waals surface area contributed by atoms with E-state index in [9.17, 15) is 15.0 Å². The lowest BCUT2D eigenvalue weighted by atomic mass is 9.33. The SMILES string of the molecule is CC1(C)CCC2(C)CC[C@]3(C(=O)O)C(=CCC4[C@@]5(C)CC[C@H](O)C(C)(C)[C@@H]5CC[C@]43C)C2C1. The first-order valence-electron chi connectivity index (χ1n) is 13.8. The molecule has 5 aliphatic carbocycles. The average molecular weight is 457 g/mol. The lowest BCUT2D eigenvalue weighted by molar-refractivity contribution is -0.213. The number of carbonyl (C=O) groups is 1. The van der Waals surface area contributed by atoms with Gasteiger partial charge in [0.2, 0.25) is 0 Å². The fourth-order valence-electron chi connectivity index (χ4n) is 10.6. The molecule has 3 unspecified atom stereocenters. The minimum atomic E-state index is -0.721. The van der Waals surface area contributed by atoms with Gasteiger partial charge >= 0.3 is 5.97 Å². The van der Waals surface area contributed by atoms with Crippen molar-refractivity contribution in [2.75, 3.05) is 0 Å². The molecule has 0 spiro atoms. The topological polar surface area (TPSA) is 57.5 Å². The van der Waals surface area contributed by atoms with Crippen LogP contribution in [-0.4, -0.2) is 22.3 Å². The molecule has 4 saturated carbocycles. The first kappa shape index (κ1) is 23.9. The van der Waals surface area contributed by atoms with Crippen molar-refractivity contribution in [3.8, 4) is 0 Å². The van der Waals surface area contributed by atoms with Gasteiger partial charge in [-0.05, 0) is 109 Å². The Morgan fingerprint density at radius 2 is 1.55 bits per heavy atom. The van der Waals surface area contributed by atoms with Crippen molar-refractivity contribution in [1.29, 1.82) is 0 Å². The van der Waals surface area contributed by atoms with Gasteiger partial charge < -0.3 is 10.2 Å². The second kappa shape index (κ2) is 6.89. The molecule has 186 valence electrons. The van der Waals surface area contributed by atoms with Crippen molar-refractivity contribution in [2.45, 2.75) is 119 Å². The summed E-state index contributed by atoms with van der Waals surface area (Å²) >= 11 is 0. The molecule has 2 N–H and O–H groups in total. The van der Waals surface area contributed by atoms with E-state index in [2.05, 4.69) is 54.5 Å². The molecule has 0 saturated heterocycles. The number of aliphatic hydroxyl groups is 1. The zero-order chi connectivity index (χ0) is 24.2. The van der Waals surface area contributed by atoms with Gasteiger partial charge in [0.1, 0.15) is 0 Å². The maximum Gasteiger partial charge on any atom is 0.314 e. The molecule has 4 fully saturated rings. The fourth-order valence-corrected chi connectivity index (χ4v) is 10.6. The second-order valence-electron chi connectivity index (χ2n) is 15.1. The summed E-state index contributed by atoms with van der Waals surface area (Å²) in [6, 6.07) is 0. The highest BCUT2D eigenvalue weighted by atomic mass is 16.4. The number of carboxylic acid groups (broad SMARTS) is 1. The molecule has 5 rings (SSSR count). The summed E-state index contributed by atoms with van der Waals surface area (Å²) in [4.78, 5) is 13.5. The monoisotopic (exact) mass is 456 g/mol. The van der Waals surface area contributed by atoms with Crippen molar-refractivity contribution in [3.63, 3.8) is 0 Å². The van der Waals surface area contributed by atoms with Gasteiger partial charge in [-0.25, -0.2) is 0 Å². The molecule has 0 aromatic rings. The Hall–Kier alpha value is -0.830. The van der Waals surface area contributed by atoms with Gasteiger partial charge in [0.15, 0.2) is 0 Å². The maximum atomic E-state index is 13.5. The predicted molar refractivity (Wildman–Crippen MR) is 133 cm³/mol. The Bertz CT molecular complexity index is 885. The minimum Gasteiger partial charge on any atom is -0.481 e. The summed E-state index contributed by atoms with van der Waals surface area (Å²) in [5, 5.41) is 22.0. The van der Waals surface area contributed by atoms with E-state index in [-0.39, 0.29) is 33.2 Å². The molecule has 5 aliphatic rings. The van der Waals surface area contributed by atoms with Crippen molar-refractivity contribution in [3.05, 3.63) is 11.6 Å². The Balaban J connectivity index is 1.64. The van der Waals surface area contributed by atoms with E-state index in [1.54, 1.807) is 0 Å². The third-order valence-electron chi connectivity index (χ3n) is 12.9. The van der Waals surface area contributed by atoms with Crippen LogP contribution in [0.25, 0.3) is 0 Å². The van der Waals surface area contributed by atoms with Crippen LogP contribution in [-0.2, 0) is 4.79 Å². The number of fused-ring (bicyclic) bond motifs is 7. The Labute approximate surface area is 201 Å². The molecule has 3 heteroatoms. The van der Waals surface area contributed by atoms with E-state index in [1.165, 1.54) is 18.4 Å². The van der Waals surface area contributed by atoms with E-state index in [1.807, 2.05) is 0 Å². The number of aliphatic carboxylic acids is 1. The highest BCUT2D eigenvalue weighted by Gasteiger charge is 2.71.